The third kappa shape index (κ3) is 5.47. The number of nitrogens with one attached hydrogen (secondary N) is 2. The van der Waals surface area contributed by atoms with Gasteiger partial charge >= 0.3 is 0 Å². The molecule has 2 amide bonds. The molecule has 0 bridgehead atoms. The Morgan fingerprint density at radius 1 is 0.857 bits per heavy atom. The van der Waals surface area contributed by atoms with Gasteiger partial charge in [0.15, 0.2) is 0 Å². The van der Waals surface area contributed by atoms with Gasteiger partial charge in [-0.05, 0) is 36.8 Å². The summed E-state index contributed by atoms with van der Waals surface area (Å²) in [5.74, 6) is -0.0893. The van der Waals surface area contributed by atoms with Crippen molar-refractivity contribution in [2.75, 3.05) is 11.1 Å². The Kier molecular flexibility index (Phi) is 6.87. The van der Waals surface area contributed by atoms with Crippen molar-refractivity contribution in [1.29, 1.82) is 0 Å². The normalized spacial score (nSPS) is 11.5. The van der Waals surface area contributed by atoms with Crippen LogP contribution in [0.3, 0.4) is 0 Å². The Hall–Kier alpha value is -3.05. The maximum atomic E-state index is 12.7. The van der Waals surface area contributed by atoms with Gasteiger partial charge in [0.2, 0.25) is 5.91 Å². The van der Waals surface area contributed by atoms with Crippen molar-refractivity contribution in [3.8, 4) is 0 Å². The molecule has 0 saturated carbocycles. The van der Waals surface area contributed by atoms with Gasteiger partial charge in [0.1, 0.15) is 0 Å². The zero-order valence-corrected chi connectivity index (χ0v) is 16.4. The van der Waals surface area contributed by atoms with Crippen molar-refractivity contribution in [2.24, 2.45) is 0 Å². The molecule has 0 aliphatic rings. The number of thioether (sulfide) groups is 1. The van der Waals surface area contributed by atoms with Gasteiger partial charge in [-0.3, -0.25) is 9.59 Å². The van der Waals surface area contributed by atoms with E-state index in [0.29, 0.717) is 11.3 Å². The molecule has 3 aromatic rings. The number of anilines is 1. The molecule has 0 unspecified atom stereocenters. The molecule has 0 aromatic heterocycles. The molecule has 4 nitrogen and oxygen atoms in total. The fraction of sp³-hybridized carbons (Fsp3) is 0.130. The predicted octanol–water partition coefficient (Wildman–Crippen LogP) is 4.91. The van der Waals surface area contributed by atoms with Gasteiger partial charge < -0.3 is 10.6 Å². The molecule has 3 aromatic carbocycles. The quantitative estimate of drug-likeness (QED) is 0.564. The summed E-state index contributed by atoms with van der Waals surface area (Å²) in [6.45, 7) is 1.94. The van der Waals surface area contributed by atoms with Crippen molar-refractivity contribution in [1.82, 2.24) is 5.32 Å². The Morgan fingerprint density at radius 2 is 1.46 bits per heavy atom. The molecule has 0 fully saturated rings. The van der Waals surface area contributed by atoms with E-state index in [4.69, 9.17) is 0 Å². The second-order valence-corrected chi connectivity index (χ2v) is 7.35. The summed E-state index contributed by atoms with van der Waals surface area (Å²) < 4.78 is 0. The minimum absolute atomic E-state index is 0.133. The standard InChI is InChI=1S/C23H22N2O2S/c1-17(18-10-4-2-5-11-18)24-23(27)20-14-8-9-15-21(20)25-22(26)16-28-19-12-6-3-7-13-19/h2-15,17H,16H2,1H3,(H,24,27)(H,25,26)/t17-/m0/s1. The van der Waals surface area contributed by atoms with E-state index in [0.717, 1.165) is 10.5 Å². The molecule has 5 heteroatoms. The molecule has 0 heterocycles. The summed E-state index contributed by atoms with van der Waals surface area (Å²) in [6, 6.07) is 26.4. The van der Waals surface area contributed by atoms with E-state index in [1.807, 2.05) is 67.6 Å². The minimum Gasteiger partial charge on any atom is -0.345 e. The molecule has 0 saturated heterocycles. The molecule has 0 aliphatic heterocycles. The summed E-state index contributed by atoms with van der Waals surface area (Å²) >= 11 is 1.46. The Bertz CT molecular complexity index is 930. The van der Waals surface area contributed by atoms with Crippen LogP contribution in [0.4, 0.5) is 5.69 Å². The number of amides is 2. The Labute approximate surface area is 169 Å². The van der Waals surface area contributed by atoms with Gasteiger partial charge in [0, 0.05) is 4.90 Å². The van der Waals surface area contributed by atoms with E-state index >= 15 is 0 Å². The molecule has 0 spiro atoms. The maximum absolute atomic E-state index is 12.7. The maximum Gasteiger partial charge on any atom is 0.253 e. The third-order valence-electron chi connectivity index (χ3n) is 4.21. The molecule has 0 aliphatic carbocycles. The molecule has 28 heavy (non-hydrogen) atoms. The SMILES string of the molecule is C[C@H](NC(=O)c1ccccc1NC(=O)CSc1ccccc1)c1ccccc1. The highest BCUT2D eigenvalue weighted by Gasteiger charge is 2.16. The fourth-order valence-electron chi connectivity index (χ4n) is 2.74. The van der Waals surface area contributed by atoms with E-state index < -0.39 is 0 Å². The highest BCUT2D eigenvalue weighted by Crippen LogP contribution is 2.20. The lowest BCUT2D eigenvalue weighted by Crippen LogP contribution is -2.28. The fourth-order valence-corrected chi connectivity index (χ4v) is 3.46. The molecule has 2 N–H and O–H groups in total. The second-order valence-electron chi connectivity index (χ2n) is 6.30. The van der Waals surface area contributed by atoms with E-state index in [9.17, 15) is 9.59 Å². The van der Waals surface area contributed by atoms with E-state index in [-0.39, 0.29) is 23.6 Å². The number of para-hydroxylation sites is 1. The first kappa shape index (κ1) is 19.7. The predicted molar refractivity (Wildman–Crippen MR) is 115 cm³/mol. The summed E-state index contributed by atoms with van der Waals surface area (Å²) in [5, 5.41) is 5.84. The molecule has 0 radical (unpaired) electrons. The van der Waals surface area contributed by atoms with Gasteiger partial charge in [0.05, 0.1) is 23.0 Å². The van der Waals surface area contributed by atoms with Gasteiger partial charge in [-0.15, -0.1) is 11.8 Å². The number of rotatable bonds is 7. The molecule has 142 valence electrons. The lowest BCUT2D eigenvalue weighted by atomic mass is 10.1. The van der Waals surface area contributed by atoms with Crippen LogP contribution in [0.25, 0.3) is 0 Å². The first-order chi connectivity index (χ1) is 13.6. The van der Waals surface area contributed by atoms with Crippen LogP contribution in [-0.4, -0.2) is 17.6 Å². The number of carbonyl (C=O) groups excluding carboxylic acids is 2. The monoisotopic (exact) mass is 390 g/mol. The van der Waals surface area contributed by atoms with Crippen molar-refractivity contribution in [3.63, 3.8) is 0 Å². The summed E-state index contributed by atoms with van der Waals surface area (Å²) in [5.41, 5.74) is 1.99. The molecule has 3 rings (SSSR count). The number of carbonyl (C=O) groups is 2. The van der Waals surface area contributed by atoms with Gasteiger partial charge in [-0.1, -0.05) is 60.7 Å². The second kappa shape index (κ2) is 9.76. The first-order valence-electron chi connectivity index (χ1n) is 9.06. The lowest BCUT2D eigenvalue weighted by molar-refractivity contribution is -0.113. The molecule has 1 atom stereocenters. The van der Waals surface area contributed by atoms with Crippen LogP contribution in [0.2, 0.25) is 0 Å². The summed E-state index contributed by atoms with van der Waals surface area (Å²) in [6.07, 6.45) is 0. The minimum atomic E-state index is -0.219. The van der Waals surface area contributed by atoms with E-state index in [1.165, 1.54) is 11.8 Å². The number of hydrogen-bond donors (Lipinski definition) is 2. The van der Waals surface area contributed by atoms with Gasteiger partial charge in [-0.25, -0.2) is 0 Å². The zero-order valence-electron chi connectivity index (χ0n) is 15.6. The van der Waals surface area contributed by atoms with Crippen LogP contribution in [0.15, 0.2) is 89.8 Å². The van der Waals surface area contributed by atoms with Crippen molar-refractivity contribution in [2.45, 2.75) is 17.9 Å². The highest BCUT2D eigenvalue weighted by atomic mass is 32.2. The lowest BCUT2D eigenvalue weighted by Gasteiger charge is -2.16. The summed E-state index contributed by atoms with van der Waals surface area (Å²) in [7, 11) is 0. The smallest absolute Gasteiger partial charge is 0.253 e. The zero-order chi connectivity index (χ0) is 19.8. The Balaban J connectivity index is 1.63. The topological polar surface area (TPSA) is 58.2 Å². The average Bonchev–Trinajstić information content (AvgIpc) is 2.74. The van der Waals surface area contributed by atoms with Crippen molar-refractivity contribution in [3.05, 3.63) is 96.1 Å². The molecular weight excluding hydrogens is 368 g/mol. The first-order valence-corrected chi connectivity index (χ1v) is 10.0. The van der Waals surface area contributed by atoms with Crippen LogP contribution >= 0.6 is 11.8 Å². The number of hydrogen-bond acceptors (Lipinski definition) is 3. The molecular formula is C23H22N2O2S. The summed E-state index contributed by atoms with van der Waals surface area (Å²) in [4.78, 5) is 26.1. The van der Waals surface area contributed by atoms with Gasteiger partial charge in [0.25, 0.3) is 5.91 Å². The highest BCUT2D eigenvalue weighted by molar-refractivity contribution is 8.00. The third-order valence-corrected chi connectivity index (χ3v) is 5.22. The van der Waals surface area contributed by atoms with Crippen LogP contribution < -0.4 is 10.6 Å². The average molecular weight is 391 g/mol. The number of benzene rings is 3. The van der Waals surface area contributed by atoms with Crippen LogP contribution in [0, 0.1) is 0 Å². The van der Waals surface area contributed by atoms with Crippen molar-refractivity contribution < 1.29 is 9.59 Å². The van der Waals surface area contributed by atoms with E-state index in [2.05, 4.69) is 10.6 Å². The Morgan fingerprint density at radius 3 is 2.18 bits per heavy atom. The van der Waals surface area contributed by atoms with Crippen LogP contribution in [0.5, 0.6) is 0 Å². The van der Waals surface area contributed by atoms with Crippen molar-refractivity contribution >= 4 is 29.3 Å². The van der Waals surface area contributed by atoms with Crippen LogP contribution in [0.1, 0.15) is 28.9 Å². The van der Waals surface area contributed by atoms with Gasteiger partial charge in [-0.2, -0.15) is 0 Å². The van der Waals surface area contributed by atoms with Crippen LogP contribution in [-0.2, 0) is 4.79 Å². The van der Waals surface area contributed by atoms with E-state index in [1.54, 1.807) is 24.3 Å². The largest absolute Gasteiger partial charge is 0.345 e.